The van der Waals surface area contributed by atoms with Crippen LogP contribution in [0.2, 0.25) is 5.15 Å². The quantitative estimate of drug-likeness (QED) is 0.841. The Morgan fingerprint density at radius 2 is 2.33 bits per heavy atom. The van der Waals surface area contributed by atoms with E-state index in [9.17, 15) is 5.11 Å². The van der Waals surface area contributed by atoms with Crippen molar-refractivity contribution in [3.63, 3.8) is 0 Å². The second-order valence-corrected chi connectivity index (χ2v) is 4.80. The molecule has 6 nitrogen and oxygen atoms in total. The molecule has 96 valence electrons. The smallest absolute Gasteiger partial charge is 0.255 e. The highest BCUT2D eigenvalue weighted by Crippen LogP contribution is 2.30. The summed E-state index contributed by atoms with van der Waals surface area (Å²) in [7, 11) is 0. The number of halogens is 1. The minimum atomic E-state index is 0.104. The van der Waals surface area contributed by atoms with Crippen LogP contribution in [0.3, 0.4) is 0 Å². The van der Waals surface area contributed by atoms with Crippen molar-refractivity contribution in [1.82, 2.24) is 19.6 Å². The Hall–Kier alpha value is -1.40. The van der Waals surface area contributed by atoms with Gasteiger partial charge in [-0.15, -0.1) is 0 Å². The molecule has 0 amide bonds. The molecule has 0 aromatic carbocycles. The molecule has 0 spiro atoms. The Morgan fingerprint density at radius 3 is 3.00 bits per heavy atom. The topological polar surface area (TPSA) is 66.5 Å². The number of aliphatic hydroxyl groups is 1. The number of fused-ring (bicyclic) bond motifs is 1. The molecule has 0 aliphatic heterocycles. The van der Waals surface area contributed by atoms with E-state index in [0.717, 1.165) is 18.7 Å². The molecule has 1 aliphatic carbocycles. The summed E-state index contributed by atoms with van der Waals surface area (Å²) < 4.78 is 1.67. The van der Waals surface area contributed by atoms with Gasteiger partial charge in [0.2, 0.25) is 0 Å². The second kappa shape index (κ2) is 4.70. The lowest BCUT2D eigenvalue weighted by Gasteiger charge is -2.38. The number of hydrogen-bond acceptors (Lipinski definition) is 5. The lowest BCUT2D eigenvalue weighted by Crippen LogP contribution is -2.43. The maximum atomic E-state index is 9.22. The van der Waals surface area contributed by atoms with Crippen molar-refractivity contribution in [2.24, 2.45) is 0 Å². The van der Waals surface area contributed by atoms with Crippen LogP contribution in [0.5, 0.6) is 0 Å². The molecule has 2 aromatic heterocycles. The zero-order valence-corrected chi connectivity index (χ0v) is 10.6. The fraction of sp³-hybridized carbons (Fsp3) is 0.545. The van der Waals surface area contributed by atoms with Crippen LogP contribution < -0.4 is 4.90 Å². The molecular formula is C11H14ClN5O. The fourth-order valence-electron chi connectivity index (χ4n) is 2.26. The number of anilines is 1. The average Bonchev–Trinajstić information content (AvgIpc) is 2.72. The van der Waals surface area contributed by atoms with Crippen LogP contribution in [0.1, 0.15) is 19.3 Å². The minimum absolute atomic E-state index is 0.104. The lowest BCUT2D eigenvalue weighted by molar-refractivity contribution is 0.282. The van der Waals surface area contributed by atoms with E-state index in [2.05, 4.69) is 20.0 Å². The van der Waals surface area contributed by atoms with Crippen LogP contribution in [0.4, 0.5) is 5.82 Å². The molecule has 0 saturated heterocycles. The van der Waals surface area contributed by atoms with Crippen LogP contribution >= 0.6 is 11.6 Å². The third-order valence-corrected chi connectivity index (χ3v) is 3.55. The molecule has 1 N–H and O–H groups in total. The third kappa shape index (κ3) is 1.91. The lowest BCUT2D eigenvalue weighted by atomic mass is 9.91. The highest BCUT2D eigenvalue weighted by molar-refractivity contribution is 6.29. The van der Waals surface area contributed by atoms with Crippen molar-refractivity contribution in [1.29, 1.82) is 0 Å². The fourth-order valence-corrected chi connectivity index (χ4v) is 2.44. The van der Waals surface area contributed by atoms with Gasteiger partial charge in [-0.25, -0.2) is 0 Å². The Bertz CT molecular complexity index is 553. The Morgan fingerprint density at radius 1 is 1.50 bits per heavy atom. The highest BCUT2D eigenvalue weighted by Gasteiger charge is 2.27. The Labute approximate surface area is 109 Å². The van der Waals surface area contributed by atoms with Gasteiger partial charge in [0.25, 0.3) is 5.78 Å². The van der Waals surface area contributed by atoms with E-state index < -0.39 is 0 Å². The number of aromatic nitrogens is 4. The zero-order valence-electron chi connectivity index (χ0n) is 9.83. The average molecular weight is 268 g/mol. The number of hydrogen-bond donors (Lipinski definition) is 1. The van der Waals surface area contributed by atoms with Crippen LogP contribution in [0, 0.1) is 0 Å². The van der Waals surface area contributed by atoms with Gasteiger partial charge in [0, 0.05) is 18.7 Å². The summed E-state index contributed by atoms with van der Waals surface area (Å²) in [5, 5.41) is 13.8. The summed E-state index contributed by atoms with van der Waals surface area (Å²) in [6.45, 7) is 0.673. The molecule has 0 atom stereocenters. The van der Waals surface area contributed by atoms with Crippen molar-refractivity contribution in [3.05, 3.63) is 17.5 Å². The van der Waals surface area contributed by atoms with Crippen LogP contribution in [0.15, 0.2) is 12.4 Å². The number of aliphatic hydroxyl groups excluding tert-OH is 1. The molecule has 0 unspecified atom stereocenters. The molecule has 2 heterocycles. The largest absolute Gasteiger partial charge is 0.395 e. The second-order valence-electron chi connectivity index (χ2n) is 4.41. The van der Waals surface area contributed by atoms with Crippen molar-refractivity contribution >= 4 is 23.2 Å². The molecular weight excluding hydrogens is 254 g/mol. The monoisotopic (exact) mass is 267 g/mol. The molecule has 18 heavy (non-hydrogen) atoms. The molecule has 1 saturated carbocycles. The maximum Gasteiger partial charge on any atom is 0.255 e. The van der Waals surface area contributed by atoms with E-state index in [0.29, 0.717) is 23.5 Å². The van der Waals surface area contributed by atoms with Gasteiger partial charge in [0.1, 0.15) is 17.3 Å². The van der Waals surface area contributed by atoms with Crippen LogP contribution in [-0.4, -0.2) is 43.9 Å². The first-order valence-electron chi connectivity index (χ1n) is 6.03. The van der Waals surface area contributed by atoms with E-state index in [1.54, 1.807) is 10.6 Å². The zero-order chi connectivity index (χ0) is 12.5. The van der Waals surface area contributed by atoms with E-state index in [1.807, 2.05) is 0 Å². The van der Waals surface area contributed by atoms with Crippen LogP contribution in [-0.2, 0) is 0 Å². The van der Waals surface area contributed by atoms with Crippen molar-refractivity contribution in [2.75, 3.05) is 18.1 Å². The van der Waals surface area contributed by atoms with Crippen molar-refractivity contribution in [3.8, 4) is 0 Å². The Balaban J connectivity index is 2.06. The molecule has 1 aliphatic rings. The summed E-state index contributed by atoms with van der Waals surface area (Å²) in [6.07, 6.45) is 4.96. The van der Waals surface area contributed by atoms with E-state index >= 15 is 0 Å². The van der Waals surface area contributed by atoms with Gasteiger partial charge in [-0.05, 0) is 19.3 Å². The SMILES string of the molecule is OCCN(c1cc(Cl)nc2ncnn12)C1CCC1. The van der Waals surface area contributed by atoms with Crippen molar-refractivity contribution < 1.29 is 5.11 Å². The molecule has 3 rings (SSSR count). The van der Waals surface area contributed by atoms with E-state index in [4.69, 9.17) is 11.6 Å². The predicted molar refractivity (Wildman–Crippen MR) is 67.9 cm³/mol. The first-order valence-corrected chi connectivity index (χ1v) is 6.41. The molecule has 1 fully saturated rings. The van der Waals surface area contributed by atoms with Gasteiger partial charge in [-0.1, -0.05) is 11.6 Å². The van der Waals surface area contributed by atoms with E-state index in [1.165, 1.54) is 12.7 Å². The first kappa shape index (κ1) is 11.7. The maximum absolute atomic E-state index is 9.22. The highest BCUT2D eigenvalue weighted by atomic mass is 35.5. The molecule has 2 aromatic rings. The number of nitrogens with zero attached hydrogens (tertiary/aromatic N) is 5. The van der Waals surface area contributed by atoms with Crippen molar-refractivity contribution in [2.45, 2.75) is 25.3 Å². The standard InChI is InChI=1S/C11H14ClN5O/c12-9-6-10(17-11(15-9)13-7-14-17)16(4-5-18)8-2-1-3-8/h6-8,18H,1-5H2. The van der Waals surface area contributed by atoms with Gasteiger partial charge in [0.05, 0.1) is 6.61 Å². The van der Waals surface area contributed by atoms with Gasteiger partial charge in [0.15, 0.2) is 0 Å². The third-order valence-electron chi connectivity index (χ3n) is 3.35. The molecule has 0 bridgehead atoms. The van der Waals surface area contributed by atoms with Gasteiger partial charge >= 0.3 is 0 Å². The van der Waals surface area contributed by atoms with Crippen LogP contribution in [0.25, 0.3) is 5.78 Å². The summed E-state index contributed by atoms with van der Waals surface area (Å²) >= 11 is 6.01. The molecule has 0 radical (unpaired) electrons. The van der Waals surface area contributed by atoms with Gasteiger partial charge in [-0.2, -0.15) is 19.6 Å². The van der Waals surface area contributed by atoms with Gasteiger partial charge < -0.3 is 10.0 Å². The van der Waals surface area contributed by atoms with E-state index in [-0.39, 0.29) is 6.61 Å². The first-order chi connectivity index (χ1) is 8.79. The summed E-state index contributed by atoms with van der Waals surface area (Å²) in [6, 6.07) is 2.22. The predicted octanol–water partition coefficient (Wildman–Crippen LogP) is 1.13. The summed E-state index contributed by atoms with van der Waals surface area (Å²) in [5.41, 5.74) is 0. The summed E-state index contributed by atoms with van der Waals surface area (Å²) in [4.78, 5) is 10.3. The molecule has 7 heteroatoms. The minimum Gasteiger partial charge on any atom is -0.395 e. The Kier molecular flexibility index (Phi) is 3.05. The van der Waals surface area contributed by atoms with Gasteiger partial charge in [-0.3, -0.25) is 0 Å². The number of rotatable bonds is 4. The normalized spacial score (nSPS) is 15.9. The summed E-state index contributed by atoms with van der Waals surface area (Å²) in [5.74, 6) is 1.33.